The van der Waals surface area contributed by atoms with Crippen molar-refractivity contribution in [3.05, 3.63) is 82.9 Å². The Morgan fingerprint density at radius 1 is 1.05 bits per heavy atom. The molecule has 2 atom stereocenters. The van der Waals surface area contributed by atoms with Crippen molar-refractivity contribution in [3.63, 3.8) is 0 Å². The molecule has 4 aromatic rings. The third-order valence-electron chi connectivity index (χ3n) is 8.31. The molecular formula is C28H26F2N6O2S. The van der Waals surface area contributed by atoms with Crippen molar-refractivity contribution in [3.8, 4) is 22.6 Å². The molecule has 11 heteroatoms. The molecule has 8 nitrogen and oxygen atoms in total. The smallest absolute Gasteiger partial charge is 0.230 e. The minimum atomic E-state index is -3.47. The number of halogens is 2. The van der Waals surface area contributed by atoms with Crippen molar-refractivity contribution in [2.45, 2.75) is 44.9 Å². The number of sulfonamides is 1. The summed E-state index contributed by atoms with van der Waals surface area (Å²) in [4.78, 5) is 13.7. The summed E-state index contributed by atoms with van der Waals surface area (Å²) in [6.45, 7) is 6.11. The molecule has 0 unspecified atom stereocenters. The summed E-state index contributed by atoms with van der Waals surface area (Å²) in [6, 6.07) is 9.21. The third kappa shape index (κ3) is 3.82. The lowest BCUT2D eigenvalue weighted by Crippen LogP contribution is -2.38. The maximum Gasteiger partial charge on any atom is 0.230 e. The van der Waals surface area contributed by atoms with Crippen molar-refractivity contribution < 1.29 is 17.2 Å². The number of nitrogens with one attached hydrogen (secondary N) is 1. The highest BCUT2D eigenvalue weighted by molar-refractivity contribution is 7.92. The number of hydrogen-bond donors (Lipinski definition) is 1. The molecule has 2 aliphatic carbocycles. The van der Waals surface area contributed by atoms with Gasteiger partial charge < -0.3 is 0 Å². The molecule has 1 fully saturated rings. The fourth-order valence-corrected chi connectivity index (χ4v) is 7.04. The quantitative estimate of drug-likeness (QED) is 0.367. The number of fused-ring (bicyclic) bond motifs is 5. The van der Waals surface area contributed by atoms with Gasteiger partial charge in [0.2, 0.25) is 10.0 Å². The maximum atomic E-state index is 14.5. The average Bonchev–Trinajstić information content (AvgIpc) is 3.25. The monoisotopic (exact) mass is 548 g/mol. The van der Waals surface area contributed by atoms with E-state index in [4.69, 9.17) is 4.98 Å². The summed E-state index contributed by atoms with van der Waals surface area (Å²) in [6.07, 6.45) is 5.98. The van der Waals surface area contributed by atoms with E-state index >= 15 is 0 Å². The normalized spacial score (nSPS) is 21.1. The third-order valence-corrected chi connectivity index (χ3v) is 8.88. The highest BCUT2D eigenvalue weighted by atomic mass is 32.2. The Bertz CT molecular complexity index is 1740. The molecule has 1 aromatic carbocycles. The summed E-state index contributed by atoms with van der Waals surface area (Å²) >= 11 is 0. The molecule has 39 heavy (non-hydrogen) atoms. The fourth-order valence-electron chi connectivity index (χ4n) is 6.47. The molecule has 6 rings (SSSR count). The molecule has 2 bridgehead atoms. The van der Waals surface area contributed by atoms with E-state index in [0.717, 1.165) is 36.0 Å². The van der Waals surface area contributed by atoms with E-state index in [1.54, 1.807) is 25.3 Å². The van der Waals surface area contributed by atoms with E-state index in [1.807, 2.05) is 6.07 Å². The number of benzene rings is 1. The van der Waals surface area contributed by atoms with Gasteiger partial charge in [-0.2, -0.15) is 5.10 Å². The Morgan fingerprint density at radius 3 is 2.49 bits per heavy atom. The van der Waals surface area contributed by atoms with E-state index in [-0.39, 0.29) is 28.4 Å². The number of pyridine rings is 1. The van der Waals surface area contributed by atoms with Crippen LogP contribution in [0.1, 0.15) is 55.1 Å². The molecule has 0 aliphatic heterocycles. The van der Waals surface area contributed by atoms with Crippen LogP contribution in [0.5, 0.6) is 0 Å². The van der Waals surface area contributed by atoms with Gasteiger partial charge in [0.25, 0.3) is 0 Å². The lowest BCUT2D eigenvalue weighted by molar-refractivity contribution is 0.243. The SMILES string of the molecule is Cc1cc(-c2nccc([C@]34CC[C@@H](c5cc(-c6c(F)cccc6F)nnc53)C4(C)C)n2)cnc1NS(C)(=O)=O. The molecule has 1 N–H and O–H groups in total. The molecule has 0 radical (unpaired) electrons. The van der Waals surface area contributed by atoms with Crippen molar-refractivity contribution >= 4 is 15.8 Å². The van der Waals surface area contributed by atoms with Crippen LogP contribution in [0.2, 0.25) is 0 Å². The van der Waals surface area contributed by atoms with Gasteiger partial charge in [-0.25, -0.2) is 32.2 Å². The van der Waals surface area contributed by atoms with Gasteiger partial charge in [-0.1, -0.05) is 19.9 Å². The molecule has 2 aliphatic rings. The summed E-state index contributed by atoms with van der Waals surface area (Å²) < 4.78 is 54.8. The lowest BCUT2D eigenvalue weighted by atomic mass is 9.66. The second-order valence-corrected chi connectivity index (χ2v) is 12.6. The Hall–Kier alpha value is -3.86. The first-order chi connectivity index (χ1) is 18.4. The maximum absolute atomic E-state index is 14.5. The first-order valence-corrected chi connectivity index (χ1v) is 14.4. The van der Waals surface area contributed by atoms with Gasteiger partial charge >= 0.3 is 0 Å². The van der Waals surface area contributed by atoms with Gasteiger partial charge in [-0.3, -0.25) is 4.72 Å². The number of hydrogen-bond acceptors (Lipinski definition) is 7. The number of rotatable bonds is 5. The van der Waals surface area contributed by atoms with Crippen LogP contribution in [-0.2, 0) is 15.4 Å². The largest absolute Gasteiger partial charge is 0.267 e. The van der Waals surface area contributed by atoms with Crippen molar-refractivity contribution in [1.29, 1.82) is 0 Å². The predicted octanol–water partition coefficient (Wildman–Crippen LogP) is 5.16. The summed E-state index contributed by atoms with van der Waals surface area (Å²) in [7, 11) is -3.47. The zero-order valence-corrected chi connectivity index (χ0v) is 22.6. The van der Waals surface area contributed by atoms with Gasteiger partial charge in [0.15, 0.2) is 5.82 Å². The van der Waals surface area contributed by atoms with Crippen LogP contribution in [0.15, 0.2) is 48.8 Å². The number of aromatic nitrogens is 5. The van der Waals surface area contributed by atoms with Gasteiger partial charge in [-0.05, 0) is 72.6 Å². The van der Waals surface area contributed by atoms with E-state index in [0.29, 0.717) is 17.0 Å². The van der Waals surface area contributed by atoms with Crippen LogP contribution < -0.4 is 4.72 Å². The molecule has 0 amide bonds. The number of anilines is 1. The lowest BCUT2D eigenvalue weighted by Gasteiger charge is -2.37. The zero-order valence-electron chi connectivity index (χ0n) is 21.8. The Labute approximate surface area is 225 Å². The van der Waals surface area contributed by atoms with Crippen molar-refractivity contribution in [2.75, 3.05) is 11.0 Å². The molecule has 3 heterocycles. The number of aryl methyl sites for hydroxylation is 1. The van der Waals surface area contributed by atoms with Gasteiger partial charge in [0.1, 0.15) is 17.5 Å². The van der Waals surface area contributed by atoms with Crippen molar-refractivity contribution in [2.24, 2.45) is 5.41 Å². The van der Waals surface area contributed by atoms with Crippen LogP contribution in [0.3, 0.4) is 0 Å². The minimum Gasteiger partial charge on any atom is -0.267 e. The van der Waals surface area contributed by atoms with Crippen LogP contribution >= 0.6 is 0 Å². The minimum absolute atomic E-state index is 0.111. The first-order valence-electron chi connectivity index (χ1n) is 12.5. The van der Waals surface area contributed by atoms with E-state index in [9.17, 15) is 17.2 Å². The van der Waals surface area contributed by atoms with Crippen LogP contribution in [0, 0.1) is 24.0 Å². The summed E-state index contributed by atoms with van der Waals surface area (Å²) in [5.74, 6) is -0.542. The molecule has 3 aromatic heterocycles. The van der Waals surface area contributed by atoms with Crippen LogP contribution in [0.4, 0.5) is 14.6 Å². The van der Waals surface area contributed by atoms with E-state index in [2.05, 4.69) is 38.7 Å². The standard InChI is InChI=1S/C28H26F2N6O2S/c1-15-12-16(14-32-25(15)36-39(4,37)38)26-31-11-9-22(33-26)28-10-8-18(27(28,2)3)17-13-21(34-35-24(17)28)23-19(29)6-5-7-20(23)30/h5-7,9,11-14,18H,8,10H2,1-4H3,(H,32,36)/t18-,28+/m0/s1. The fraction of sp³-hybridized carbons (Fsp3) is 0.321. The zero-order chi connectivity index (χ0) is 27.7. The van der Waals surface area contributed by atoms with Crippen LogP contribution in [-0.4, -0.2) is 39.8 Å². The van der Waals surface area contributed by atoms with Gasteiger partial charge in [-0.15, -0.1) is 5.10 Å². The molecule has 0 spiro atoms. The average molecular weight is 549 g/mol. The second kappa shape index (κ2) is 8.57. The second-order valence-electron chi connectivity index (χ2n) is 10.9. The highest BCUT2D eigenvalue weighted by Crippen LogP contribution is 2.69. The van der Waals surface area contributed by atoms with E-state index in [1.165, 1.54) is 24.4 Å². The van der Waals surface area contributed by atoms with Crippen LogP contribution in [0.25, 0.3) is 22.6 Å². The number of nitrogens with zero attached hydrogens (tertiary/aromatic N) is 5. The summed E-state index contributed by atoms with van der Waals surface area (Å²) in [5.41, 5.74) is 2.92. The molecule has 200 valence electrons. The topological polar surface area (TPSA) is 111 Å². The Balaban J connectivity index is 1.45. The van der Waals surface area contributed by atoms with Crippen molar-refractivity contribution in [1.82, 2.24) is 25.1 Å². The molecule has 0 saturated heterocycles. The summed E-state index contributed by atoms with van der Waals surface area (Å²) in [5, 5.41) is 8.87. The van der Waals surface area contributed by atoms with Gasteiger partial charge in [0, 0.05) is 18.0 Å². The van der Waals surface area contributed by atoms with E-state index < -0.39 is 27.1 Å². The molecule has 1 saturated carbocycles. The predicted molar refractivity (Wildman–Crippen MR) is 142 cm³/mol. The Morgan fingerprint density at radius 2 is 1.79 bits per heavy atom. The Kier molecular flexibility index (Phi) is 5.59. The first kappa shape index (κ1) is 25.4. The molecular weight excluding hydrogens is 522 g/mol. The highest BCUT2D eigenvalue weighted by Gasteiger charge is 2.65. The van der Waals surface area contributed by atoms with Gasteiger partial charge in [0.05, 0.1) is 34.3 Å².